The molecular weight excluding hydrogens is 390 g/mol. The minimum Gasteiger partial charge on any atom is -0.494 e. The van der Waals surface area contributed by atoms with Crippen molar-refractivity contribution in [3.05, 3.63) is 23.8 Å². The minimum absolute atomic E-state index is 0.0350. The highest BCUT2D eigenvalue weighted by molar-refractivity contribution is 5.95. The molecule has 0 bridgehead atoms. The van der Waals surface area contributed by atoms with Crippen LogP contribution in [0.2, 0.25) is 0 Å². The zero-order chi connectivity index (χ0) is 21.8. The molecule has 2 heterocycles. The van der Waals surface area contributed by atoms with Gasteiger partial charge in [0, 0.05) is 26.8 Å². The van der Waals surface area contributed by atoms with Gasteiger partial charge in [0.15, 0.2) is 5.84 Å². The average molecular weight is 427 g/mol. The lowest BCUT2D eigenvalue weighted by Crippen LogP contribution is -2.44. The van der Waals surface area contributed by atoms with Crippen molar-refractivity contribution in [3.63, 3.8) is 0 Å². The van der Waals surface area contributed by atoms with Gasteiger partial charge in [0.1, 0.15) is 5.75 Å². The Bertz CT molecular complexity index is 873. The second kappa shape index (κ2) is 9.81. The van der Waals surface area contributed by atoms with Gasteiger partial charge in [-0.2, -0.15) is 0 Å². The third-order valence-electron chi connectivity index (χ3n) is 6.67. The lowest BCUT2D eigenvalue weighted by Gasteiger charge is -2.29. The maximum Gasteiger partial charge on any atom is 0.253 e. The Morgan fingerprint density at radius 3 is 2.74 bits per heavy atom. The molecular formula is C24H36N5O2+. The number of anilines is 1. The molecule has 1 amide bonds. The molecule has 0 aromatic heterocycles. The number of hydrogen-bond donors (Lipinski definition) is 1. The van der Waals surface area contributed by atoms with Crippen molar-refractivity contribution in [1.82, 2.24) is 5.01 Å². The number of aliphatic imine (C=N–C) groups is 1. The summed E-state index contributed by atoms with van der Waals surface area (Å²) in [4.78, 5) is 16.4. The van der Waals surface area contributed by atoms with Crippen LogP contribution in [-0.4, -0.2) is 53.4 Å². The number of carbonyl (C=O) groups is 1. The summed E-state index contributed by atoms with van der Waals surface area (Å²) in [5.41, 5.74) is 3.31. The number of amides is 1. The molecule has 2 N–H and O–H groups in total. The predicted octanol–water partition coefficient (Wildman–Crippen LogP) is 3.45. The van der Waals surface area contributed by atoms with Gasteiger partial charge in [-0.15, -0.1) is 5.01 Å². The van der Waals surface area contributed by atoms with Crippen LogP contribution >= 0.6 is 0 Å². The molecule has 1 aromatic carbocycles. The van der Waals surface area contributed by atoms with E-state index in [1.165, 1.54) is 48.7 Å². The smallest absolute Gasteiger partial charge is 0.253 e. The lowest BCUT2D eigenvalue weighted by molar-refractivity contribution is -0.607. The van der Waals surface area contributed by atoms with E-state index in [4.69, 9.17) is 10.6 Å². The Morgan fingerprint density at radius 1 is 1.26 bits per heavy atom. The molecule has 0 radical (unpaired) electrons. The quantitative estimate of drug-likeness (QED) is 0.173. The number of benzene rings is 1. The van der Waals surface area contributed by atoms with Crippen LogP contribution in [0.15, 0.2) is 23.2 Å². The minimum atomic E-state index is -0.0350. The SMILES string of the molecule is CN=C(CCCCOc1ccc2c(c1)CCC(=O)N2N)N(C1CCCCC1)[N+]1=C(C)C1. The second-order valence-corrected chi connectivity index (χ2v) is 8.93. The average Bonchev–Trinajstić information content (AvgIpc) is 3.51. The van der Waals surface area contributed by atoms with E-state index < -0.39 is 0 Å². The highest BCUT2D eigenvalue weighted by Gasteiger charge is 2.41. The van der Waals surface area contributed by atoms with E-state index in [1.54, 1.807) is 0 Å². The van der Waals surface area contributed by atoms with Crippen LogP contribution < -0.4 is 15.6 Å². The number of nitrogens with two attached hydrogens (primary N) is 1. The van der Waals surface area contributed by atoms with Crippen molar-refractivity contribution in [1.29, 1.82) is 0 Å². The van der Waals surface area contributed by atoms with E-state index >= 15 is 0 Å². The summed E-state index contributed by atoms with van der Waals surface area (Å²) in [6.07, 6.45) is 10.8. The fraction of sp³-hybridized carbons (Fsp3) is 0.625. The van der Waals surface area contributed by atoms with Gasteiger partial charge in [0.2, 0.25) is 11.6 Å². The number of rotatable bonds is 8. The van der Waals surface area contributed by atoms with Crippen LogP contribution in [-0.2, 0) is 11.2 Å². The molecule has 0 spiro atoms. The fourth-order valence-corrected chi connectivity index (χ4v) is 4.80. The topological polar surface area (TPSA) is 74.2 Å². The third kappa shape index (κ3) is 5.09. The maximum absolute atomic E-state index is 11.7. The Labute approximate surface area is 185 Å². The van der Waals surface area contributed by atoms with E-state index in [1.807, 2.05) is 25.2 Å². The molecule has 0 unspecified atom stereocenters. The third-order valence-corrected chi connectivity index (χ3v) is 6.67. The van der Waals surface area contributed by atoms with Gasteiger partial charge in [-0.05, 0) is 55.9 Å². The number of aryl methyl sites for hydroxylation is 1. The van der Waals surface area contributed by atoms with Crippen LogP contribution in [0.1, 0.15) is 70.3 Å². The van der Waals surface area contributed by atoms with Crippen LogP contribution in [0.5, 0.6) is 5.75 Å². The zero-order valence-electron chi connectivity index (χ0n) is 19.0. The molecule has 1 aromatic rings. The molecule has 7 nitrogen and oxygen atoms in total. The van der Waals surface area contributed by atoms with Gasteiger partial charge in [-0.1, -0.05) is 23.9 Å². The molecule has 0 atom stereocenters. The predicted molar refractivity (Wildman–Crippen MR) is 124 cm³/mol. The molecule has 1 saturated carbocycles. The monoisotopic (exact) mass is 426 g/mol. The van der Waals surface area contributed by atoms with E-state index in [-0.39, 0.29) is 5.91 Å². The fourth-order valence-electron chi connectivity index (χ4n) is 4.80. The number of fused-ring (bicyclic) bond motifs is 1. The Balaban J connectivity index is 1.26. The summed E-state index contributed by atoms with van der Waals surface area (Å²) in [5.74, 6) is 7.89. The first-order chi connectivity index (χ1) is 15.1. The molecule has 31 heavy (non-hydrogen) atoms. The van der Waals surface area contributed by atoms with Gasteiger partial charge < -0.3 is 4.74 Å². The number of unbranched alkanes of at least 4 members (excludes halogenated alkanes) is 1. The van der Waals surface area contributed by atoms with Gasteiger partial charge in [-0.3, -0.25) is 9.79 Å². The summed E-state index contributed by atoms with van der Waals surface area (Å²) in [6, 6.07) is 6.41. The van der Waals surface area contributed by atoms with Crippen molar-refractivity contribution >= 4 is 23.1 Å². The molecule has 1 aliphatic carbocycles. The molecule has 7 heteroatoms. The first-order valence-electron chi connectivity index (χ1n) is 11.8. The number of hydrazine groups is 2. The molecule has 4 rings (SSSR count). The van der Waals surface area contributed by atoms with Crippen LogP contribution in [0.4, 0.5) is 5.69 Å². The van der Waals surface area contributed by atoms with Crippen molar-refractivity contribution in [3.8, 4) is 5.75 Å². The van der Waals surface area contributed by atoms with Gasteiger partial charge >= 0.3 is 0 Å². The summed E-state index contributed by atoms with van der Waals surface area (Å²) >= 11 is 0. The molecule has 2 aliphatic heterocycles. The van der Waals surface area contributed by atoms with Crippen molar-refractivity contribution in [2.45, 2.75) is 77.2 Å². The highest BCUT2D eigenvalue weighted by atomic mass is 16.5. The summed E-state index contributed by atoms with van der Waals surface area (Å²) in [7, 11) is 1.93. The summed E-state index contributed by atoms with van der Waals surface area (Å²) in [6.45, 7) is 3.97. The van der Waals surface area contributed by atoms with E-state index in [2.05, 4.69) is 21.6 Å². The maximum atomic E-state index is 11.7. The molecule has 168 valence electrons. The summed E-state index contributed by atoms with van der Waals surface area (Å²) in [5, 5.41) is 3.75. The van der Waals surface area contributed by atoms with Gasteiger partial charge in [0.05, 0.1) is 18.3 Å². The largest absolute Gasteiger partial charge is 0.494 e. The lowest BCUT2D eigenvalue weighted by atomic mass is 9.94. The van der Waals surface area contributed by atoms with Crippen molar-refractivity contribution < 1.29 is 14.2 Å². The first kappa shape index (κ1) is 21.8. The van der Waals surface area contributed by atoms with Gasteiger partial charge in [0.25, 0.3) is 6.54 Å². The normalized spacial score (nSPS) is 19.5. The van der Waals surface area contributed by atoms with Crippen molar-refractivity contribution in [2.75, 3.05) is 25.2 Å². The Morgan fingerprint density at radius 2 is 2.03 bits per heavy atom. The Kier molecular flexibility index (Phi) is 6.90. The second-order valence-electron chi connectivity index (χ2n) is 8.93. The number of nitrogens with zero attached hydrogens (tertiary/aromatic N) is 4. The number of amidine groups is 1. The number of hydrazone groups is 1. The van der Waals surface area contributed by atoms with Crippen LogP contribution in [0.25, 0.3) is 0 Å². The highest BCUT2D eigenvalue weighted by Crippen LogP contribution is 2.29. The van der Waals surface area contributed by atoms with Crippen LogP contribution in [0, 0.1) is 0 Å². The molecule has 3 aliphatic rings. The molecule has 0 saturated heterocycles. The zero-order valence-corrected chi connectivity index (χ0v) is 19.0. The number of carbonyl (C=O) groups excluding carboxylic acids is 1. The van der Waals surface area contributed by atoms with E-state index in [0.717, 1.165) is 49.2 Å². The van der Waals surface area contributed by atoms with Crippen molar-refractivity contribution in [2.24, 2.45) is 10.8 Å². The number of hydrogen-bond acceptors (Lipinski definition) is 4. The Hall–Kier alpha value is -2.41. The van der Waals surface area contributed by atoms with E-state index in [0.29, 0.717) is 19.1 Å². The first-order valence-corrected chi connectivity index (χ1v) is 11.8. The van der Waals surface area contributed by atoms with Gasteiger partial charge in [-0.25, -0.2) is 10.9 Å². The van der Waals surface area contributed by atoms with E-state index in [9.17, 15) is 4.79 Å². The standard InChI is InChI=1S/C24H36N5O2/c1-18-17-27(18)29(20-8-4-3-5-9-20)23(26-2)10-6-7-15-31-21-12-13-22-19(16-21)11-14-24(30)28(22)25/h12-13,16,20H,3-11,14-15,17,25H2,1-2H3/q+1. The number of ether oxygens (including phenoxy) is 1. The summed E-state index contributed by atoms with van der Waals surface area (Å²) < 4.78 is 8.40. The van der Waals surface area contributed by atoms with Crippen LogP contribution in [0.3, 0.4) is 0 Å². The molecule has 1 fully saturated rings.